The number of halogens is 3. The number of hydrogen-bond acceptors (Lipinski definition) is 2. The van der Waals surface area contributed by atoms with Crippen molar-refractivity contribution in [2.24, 2.45) is 0 Å². The molecule has 2 nitrogen and oxygen atoms in total. The maximum atomic E-state index is 12.1. The molecule has 0 aliphatic carbocycles. The van der Waals surface area contributed by atoms with Gasteiger partial charge >= 0.3 is 6.36 Å². The van der Waals surface area contributed by atoms with Gasteiger partial charge in [0.1, 0.15) is 5.75 Å². The highest BCUT2D eigenvalue weighted by molar-refractivity contribution is 5.28. The van der Waals surface area contributed by atoms with Gasteiger partial charge in [-0.2, -0.15) is 0 Å². The monoisotopic (exact) mass is 259 g/mol. The first-order chi connectivity index (χ1) is 8.53. The van der Waals surface area contributed by atoms with Gasteiger partial charge in [0.2, 0.25) is 0 Å². The molecule has 1 fully saturated rings. The van der Waals surface area contributed by atoms with Crippen LogP contribution in [0.3, 0.4) is 0 Å². The van der Waals surface area contributed by atoms with Gasteiger partial charge in [-0.25, -0.2) is 0 Å². The van der Waals surface area contributed by atoms with Crippen LogP contribution in [0.4, 0.5) is 13.2 Å². The van der Waals surface area contributed by atoms with Crippen molar-refractivity contribution in [1.29, 1.82) is 0 Å². The first-order valence-corrected chi connectivity index (χ1v) is 6.11. The van der Waals surface area contributed by atoms with E-state index in [1.807, 2.05) is 6.07 Å². The topological polar surface area (TPSA) is 21.3 Å². The van der Waals surface area contributed by atoms with Gasteiger partial charge in [0, 0.05) is 6.04 Å². The van der Waals surface area contributed by atoms with Crippen molar-refractivity contribution in [3.05, 3.63) is 29.8 Å². The lowest BCUT2D eigenvalue weighted by molar-refractivity contribution is -0.274. The summed E-state index contributed by atoms with van der Waals surface area (Å²) < 4.78 is 40.1. The van der Waals surface area contributed by atoms with E-state index in [9.17, 15) is 13.2 Å². The average molecular weight is 259 g/mol. The lowest BCUT2D eigenvalue weighted by Gasteiger charge is -2.12. The number of aryl methyl sites for hydroxylation is 1. The molecule has 1 heterocycles. The van der Waals surface area contributed by atoms with E-state index in [-0.39, 0.29) is 5.75 Å². The molecule has 2 rings (SSSR count). The molecule has 1 saturated heterocycles. The molecule has 1 atom stereocenters. The van der Waals surface area contributed by atoms with Gasteiger partial charge in [0.05, 0.1) is 0 Å². The van der Waals surface area contributed by atoms with Crippen LogP contribution in [0.1, 0.15) is 24.8 Å². The van der Waals surface area contributed by atoms with E-state index in [0.717, 1.165) is 31.4 Å². The minimum Gasteiger partial charge on any atom is -0.406 e. The van der Waals surface area contributed by atoms with Crippen molar-refractivity contribution in [3.8, 4) is 5.75 Å². The molecule has 0 aromatic heterocycles. The fraction of sp³-hybridized carbons (Fsp3) is 0.538. The number of nitrogens with one attached hydrogen (secondary N) is 1. The third kappa shape index (κ3) is 4.22. The van der Waals surface area contributed by atoms with Crippen LogP contribution in [0.15, 0.2) is 24.3 Å². The summed E-state index contributed by atoms with van der Waals surface area (Å²) in [4.78, 5) is 0. The van der Waals surface area contributed by atoms with Crippen molar-refractivity contribution < 1.29 is 17.9 Å². The first kappa shape index (κ1) is 13.2. The lowest BCUT2D eigenvalue weighted by Crippen LogP contribution is -2.21. The Morgan fingerprint density at radius 2 is 2.17 bits per heavy atom. The molecular formula is C13H16F3NO. The number of alkyl halides is 3. The number of benzene rings is 1. The lowest BCUT2D eigenvalue weighted by atomic mass is 10.0. The Bertz CT molecular complexity index is 386. The van der Waals surface area contributed by atoms with Gasteiger partial charge in [-0.05, 0) is 49.9 Å². The molecule has 18 heavy (non-hydrogen) atoms. The summed E-state index contributed by atoms with van der Waals surface area (Å²) in [5.41, 5.74) is 0.880. The van der Waals surface area contributed by atoms with Crippen LogP contribution in [0.5, 0.6) is 5.75 Å². The molecule has 100 valence electrons. The fourth-order valence-corrected chi connectivity index (χ4v) is 2.24. The molecule has 0 bridgehead atoms. The van der Waals surface area contributed by atoms with E-state index in [2.05, 4.69) is 10.1 Å². The van der Waals surface area contributed by atoms with Gasteiger partial charge in [0.25, 0.3) is 0 Å². The second-order valence-corrected chi connectivity index (χ2v) is 4.53. The van der Waals surface area contributed by atoms with E-state index in [1.165, 1.54) is 18.6 Å². The predicted molar refractivity (Wildman–Crippen MR) is 62.5 cm³/mol. The highest BCUT2D eigenvalue weighted by Crippen LogP contribution is 2.24. The van der Waals surface area contributed by atoms with Crippen LogP contribution in [-0.2, 0) is 6.42 Å². The van der Waals surface area contributed by atoms with Gasteiger partial charge in [-0.15, -0.1) is 13.2 Å². The summed E-state index contributed by atoms with van der Waals surface area (Å²) in [6.45, 7) is 1.04. The van der Waals surface area contributed by atoms with E-state index < -0.39 is 6.36 Å². The van der Waals surface area contributed by atoms with E-state index >= 15 is 0 Å². The normalized spacial score (nSPS) is 20.1. The Morgan fingerprint density at radius 1 is 1.33 bits per heavy atom. The maximum Gasteiger partial charge on any atom is 0.573 e. The second kappa shape index (κ2) is 5.61. The molecule has 0 spiro atoms. The van der Waals surface area contributed by atoms with Crippen LogP contribution < -0.4 is 10.1 Å². The van der Waals surface area contributed by atoms with Crippen LogP contribution in [0.2, 0.25) is 0 Å². The van der Waals surface area contributed by atoms with Crippen molar-refractivity contribution in [2.75, 3.05) is 6.54 Å². The number of rotatable bonds is 4. The summed E-state index contributed by atoms with van der Waals surface area (Å²) in [7, 11) is 0. The van der Waals surface area contributed by atoms with Crippen LogP contribution in [0.25, 0.3) is 0 Å². The molecule has 5 heteroatoms. The standard InChI is InChI=1S/C13H16F3NO/c14-13(15,16)18-12-5-1-3-10(9-12)6-7-11-4-2-8-17-11/h1,3,5,9,11,17H,2,4,6-8H2/t11-/m0/s1. The summed E-state index contributed by atoms with van der Waals surface area (Å²) in [5, 5.41) is 3.37. The minimum absolute atomic E-state index is 0.139. The van der Waals surface area contributed by atoms with Gasteiger partial charge in [-0.1, -0.05) is 12.1 Å². The summed E-state index contributed by atoms with van der Waals surface area (Å²) >= 11 is 0. The highest BCUT2D eigenvalue weighted by atomic mass is 19.4. The van der Waals surface area contributed by atoms with Crippen molar-refractivity contribution in [2.45, 2.75) is 38.1 Å². The average Bonchev–Trinajstić information content (AvgIpc) is 2.77. The molecule has 0 unspecified atom stereocenters. The highest BCUT2D eigenvalue weighted by Gasteiger charge is 2.31. The van der Waals surface area contributed by atoms with Crippen LogP contribution in [0, 0.1) is 0 Å². The molecular weight excluding hydrogens is 243 g/mol. The van der Waals surface area contributed by atoms with Crippen molar-refractivity contribution in [3.63, 3.8) is 0 Å². The van der Waals surface area contributed by atoms with Crippen molar-refractivity contribution >= 4 is 0 Å². The molecule has 0 saturated carbocycles. The van der Waals surface area contributed by atoms with Gasteiger partial charge in [-0.3, -0.25) is 0 Å². The maximum absolute atomic E-state index is 12.1. The Kier molecular flexibility index (Phi) is 4.11. The third-order valence-electron chi connectivity index (χ3n) is 3.08. The number of hydrogen-bond donors (Lipinski definition) is 1. The fourth-order valence-electron chi connectivity index (χ4n) is 2.24. The SMILES string of the molecule is FC(F)(F)Oc1cccc(CC[C@@H]2CCCN2)c1. The van der Waals surface area contributed by atoms with Crippen LogP contribution in [-0.4, -0.2) is 18.9 Å². The second-order valence-electron chi connectivity index (χ2n) is 4.53. The Balaban J connectivity index is 1.90. The molecule has 0 radical (unpaired) electrons. The predicted octanol–water partition coefficient (Wildman–Crippen LogP) is 3.27. The molecule has 1 N–H and O–H groups in total. The van der Waals surface area contributed by atoms with E-state index in [0.29, 0.717) is 6.04 Å². The quantitative estimate of drug-likeness (QED) is 0.896. The van der Waals surface area contributed by atoms with Gasteiger partial charge < -0.3 is 10.1 Å². The molecule has 1 aromatic rings. The van der Waals surface area contributed by atoms with Gasteiger partial charge in [0.15, 0.2) is 0 Å². The molecule has 0 amide bonds. The Labute approximate surface area is 104 Å². The zero-order valence-corrected chi connectivity index (χ0v) is 9.96. The first-order valence-electron chi connectivity index (χ1n) is 6.11. The summed E-state index contributed by atoms with van der Waals surface area (Å²) in [6.07, 6.45) is -0.561. The Hall–Kier alpha value is -1.23. The number of ether oxygens (including phenoxy) is 1. The Morgan fingerprint density at radius 3 is 2.83 bits per heavy atom. The third-order valence-corrected chi connectivity index (χ3v) is 3.08. The van der Waals surface area contributed by atoms with Crippen molar-refractivity contribution in [1.82, 2.24) is 5.32 Å². The largest absolute Gasteiger partial charge is 0.573 e. The summed E-state index contributed by atoms with van der Waals surface area (Å²) in [6, 6.07) is 6.71. The van der Waals surface area contributed by atoms with Crippen LogP contribution >= 0.6 is 0 Å². The molecule has 1 aliphatic heterocycles. The van der Waals surface area contributed by atoms with E-state index in [4.69, 9.17) is 0 Å². The minimum atomic E-state index is -4.62. The molecule has 1 aromatic carbocycles. The van der Waals surface area contributed by atoms with E-state index in [1.54, 1.807) is 6.07 Å². The smallest absolute Gasteiger partial charge is 0.406 e. The molecule has 1 aliphatic rings. The zero-order valence-electron chi connectivity index (χ0n) is 9.96. The summed E-state index contributed by atoms with van der Waals surface area (Å²) in [5.74, 6) is -0.139. The zero-order chi connectivity index (χ0) is 13.0.